The van der Waals surface area contributed by atoms with Gasteiger partial charge in [0.15, 0.2) is 11.6 Å². The van der Waals surface area contributed by atoms with Gasteiger partial charge in [0.25, 0.3) is 5.89 Å². The second kappa shape index (κ2) is 3.56. The Bertz CT molecular complexity index is 486. The van der Waals surface area contributed by atoms with E-state index in [0.29, 0.717) is 5.76 Å². The van der Waals surface area contributed by atoms with Crippen LogP contribution in [-0.4, -0.2) is 21.2 Å². The van der Waals surface area contributed by atoms with Crippen LogP contribution in [0.25, 0.3) is 11.7 Å². The second-order valence-electron chi connectivity index (χ2n) is 3.00. The molecule has 0 fully saturated rings. The first-order valence-electron chi connectivity index (χ1n) is 4.26. The molecule has 0 bridgehead atoms. The zero-order valence-electron chi connectivity index (χ0n) is 7.93. The number of aromatic nitrogens is 2. The summed E-state index contributed by atoms with van der Waals surface area (Å²) >= 11 is 0. The molecule has 0 atom stereocenters. The number of aliphatic carboxylic acids is 1. The van der Waals surface area contributed by atoms with E-state index in [-0.39, 0.29) is 18.1 Å². The van der Waals surface area contributed by atoms with E-state index in [4.69, 9.17) is 14.0 Å². The van der Waals surface area contributed by atoms with Crippen molar-refractivity contribution in [3.05, 3.63) is 23.7 Å². The Morgan fingerprint density at radius 3 is 2.93 bits per heavy atom. The van der Waals surface area contributed by atoms with Crippen molar-refractivity contribution in [2.45, 2.75) is 13.3 Å². The number of carboxylic acid groups (broad SMARTS) is 1. The van der Waals surface area contributed by atoms with Gasteiger partial charge in [-0.05, 0) is 19.1 Å². The predicted octanol–water partition coefficient (Wildman–Crippen LogP) is 1.27. The van der Waals surface area contributed by atoms with Crippen molar-refractivity contribution in [1.82, 2.24) is 10.1 Å². The number of nitrogens with zero attached hydrogens (tertiary/aromatic N) is 2. The van der Waals surface area contributed by atoms with Crippen LogP contribution < -0.4 is 0 Å². The summed E-state index contributed by atoms with van der Waals surface area (Å²) in [4.78, 5) is 14.3. The second-order valence-corrected chi connectivity index (χ2v) is 3.00. The molecule has 2 heterocycles. The highest BCUT2D eigenvalue weighted by atomic mass is 16.5. The van der Waals surface area contributed by atoms with E-state index in [1.807, 2.05) is 0 Å². The van der Waals surface area contributed by atoms with Crippen molar-refractivity contribution in [3.63, 3.8) is 0 Å². The number of carboxylic acids is 1. The van der Waals surface area contributed by atoms with Crippen molar-refractivity contribution < 1.29 is 18.8 Å². The summed E-state index contributed by atoms with van der Waals surface area (Å²) in [7, 11) is 0. The molecule has 0 unspecified atom stereocenters. The summed E-state index contributed by atoms with van der Waals surface area (Å²) in [5.41, 5.74) is 0. The van der Waals surface area contributed by atoms with E-state index in [1.165, 1.54) is 0 Å². The Morgan fingerprint density at radius 2 is 2.33 bits per heavy atom. The van der Waals surface area contributed by atoms with Gasteiger partial charge >= 0.3 is 5.97 Å². The van der Waals surface area contributed by atoms with Crippen LogP contribution in [0.5, 0.6) is 0 Å². The highest BCUT2D eigenvalue weighted by Gasteiger charge is 2.13. The van der Waals surface area contributed by atoms with Crippen molar-refractivity contribution in [1.29, 1.82) is 0 Å². The standard InChI is InChI=1S/C9H8N2O4/c1-5-2-3-6(14-5)9-10-7(11-15-9)4-8(12)13/h2-3H,4H2,1H3,(H,12,13). The fourth-order valence-corrected chi connectivity index (χ4v) is 1.11. The fraction of sp³-hybridized carbons (Fsp3) is 0.222. The minimum absolute atomic E-state index is 0.131. The highest BCUT2D eigenvalue weighted by Crippen LogP contribution is 2.19. The number of hydrogen-bond acceptors (Lipinski definition) is 5. The Morgan fingerprint density at radius 1 is 1.53 bits per heavy atom. The molecule has 15 heavy (non-hydrogen) atoms. The van der Waals surface area contributed by atoms with Crippen molar-refractivity contribution >= 4 is 5.97 Å². The van der Waals surface area contributed by atoms with Crippen molar-refractivity contribution in [2.75, 3.05) is 0 Å². The molecule has 0 aliphatic heterocycles. The molecule has 2 rings (SSSR count). The monoisotopic (exact) mass is 208 g/mol. The van der Waals surface area contributed by atoms with Crippen LogP contribution in [0.4, 0.5) is 0 Å². The third kappa shape index (κ3) is 2.04. The van der Waals surface area contributed by atoms with Crippen LogP contribution in [0.1, 0.15) is 11.6 Å². The largest absolute Gasteiger partial charge is 0.481 e. The molecule has 0 amide bonds. The Hall–Kier alpha value is -2.11. The lowest BCUT2D eigenvalue weighted by Gasteiger charge is -1.85. The Balaban J connectivity index is 2.23. The molecular formula is C9H8N2O4. The van der Waals surface area contributed by atoms with Crippen molar-refractivity contribution in [3.8, 4) is 11.7 Å². The van der Waals surface area contributed by atoms with E-state index in [0.717, 1.165) is 5.76 Å². The fourth-order valence-electron chi connectivity index (χ4n) is 1.11. The first kappa shape index (κ1) is 9.45. The van der Waals surface area contributed by atoms with E-state index >= 15 is 0 Å². The van der Waals surface area contributed by atoms with E-state index in [9.17, 15) is 4.79 Å². The molecule has 1 N–H and O–H groups in total. The van der Waals surface area contributed by atoms with Gasteiger partial charge < -0.3 is 14.0 Å². The van der Waals surface area contributed by atoms with Crippen molar-refractivity contribution in [2.24, 2.45) is 0 Å². The first-order chi connectivity index (χ1) is 7.15. The number of furan rings is 1. The average Bonchev–Trinajstić information content (AvgIpc) is 2.72. The van der Waals surface area contributed by atoms with Gasteiger partial charge in [0.2, 0.25) is 0 Å². The zero-order chi connectivity index (χ0) is 10.8. The molecule has 0 aromatic carbocycles. The third-order valence-electron chi connectivity index (χ3n) is 1.73. The molecule has 0 saturated carbocycles. The van der Waals surface area contributed by atoms with Crippen LogP contribution in [0, 0.1) is 6.92 Å². The quantitative estimate of drug-likeness (QED) is 0.816. The Labute approximate surface area is 84.5 Å². The summed E-state index contributed by atoms with van der Waals surface area (Å²) in [6.45, 7) is 1.79. The Kier molecular flexibility index (Phi) is 2.24. The molecule has 6 heteroatoms. The van der Waals surface area contributed by atoms with Gasteiger partial charge in [-0.2, -0.15) is 4.98 Å². The average molecular weight is 208 g/mol. The zero-order valence-corrected chi connectivity index (χ0v) is 7.93. The van der Waals surface area contributed by atoms with E-state index in [1.54, 1.807) is 19.1 Å². The third-order valence-corrected chi connectivity index (χ3v) is 1.73. The van der Waals surface area contributed by atoms with E-state index in [2.05, 4.69) is 10.1 Å². The molecule has 2 aromatic rings. The minimum atomic E-state index is -1.00. The number of hydrogen-bond donors (Lipinski definition) is 1. The van der Waals surface area contributed by atoms with Gasteiger partial charge in [-0.3, -0.25) is 4.79 Å². The molecular weight excluding hydrogens is 200 g/mol. The van der Waals surface area contributed by atoms with Crippen LogP contribution in [0.3, 0.4) is 0 Å². The van der Waals surface area contributed by atoms with Crippen LogP contribution >= 0.6 is 0 Å². The molecule has 0 aliphatic carbocycles. The lowest BCUT2D eigenvalue weighted by atomic mass is 10.4. The molecule has 0 radical (unpaired) electrons. The molecule has 0 aliphatic rings. The maximum Gasteiger partial charge on any atom is 0.311 e. The van der Waals surface area contributed by atoms with Gasteiger partial charge in [0, 0.05) is 0 Å². The number of carbonyl (C=O) groups is 1. The van der Waals surface area contributed by atoms with Crippen LogP contribution in [0.15, 0.2) is 21.1 Å². The molecule has 0 spiro atoms. The number of aryl methyl sites for hydroxylation is 1. The normalized spacial score (nSPS) is 10.5. The minimum Gasteiger partial charge on any atom is -0.481 e. The summed E-state index contributed by atoms with van der Waals surface area (Å²) in [5, 5.41) is 12.0. The van der Waals surface area contributed by atoms with Gasteiger partial charge in [-0.25, -0.2) is 0 Å². The van der Waals surface area contributed by atoms with E-state index < -0.39 is 5.97 Å². The SMILES string of the molecule is Cc1ccc(-c2nc(CC(=O)O)no2)o1. The summed E-state index contributed by atoms with van der Waals surface area (Å²) in [5.74, 6) is 0.489. The highest BCUT2D eigenvalue weighted by molar-refractivity contribution is 5.69. The predicted molar refractivity (Wildman–Crippen MR) is 48.1 cm³/mol. The topological polar surface area (TPSA) is 89.4 Å². The first-order valence-corrected chi connectivity index (χ1v) is 4.26. The summed E-state index contributed by atoms with van der Waals surface area (Å²) < 4.78 is 10.1. The maximum atomic E-state index is 10.4. The summed E-state index contributed by atoms with van der Waals surface area (Å²) in [6, 6.07) is 3.45. The number of rotatable bonds is 3. The lowest BCUT2D eigenvalue weighted by molar-refractivity contribution is -0.136. The lowest BCUT2D eigenvalue weighted by Crippen LogP contribution is -2.01. The van der Waals surface area contributed by atoms with Gasteiger partial charge in [0.05, 0.1) is 0 Å². The van der Waals surface area contributed by atoms with Gasteiger partial charge in [0.1, 0.15) is 12.2 Å². The van der Waals surface area contributed by atoms with Gasteiger partial charge in [-0.1, -0.05) is 5.16 Å². The maximum absolute atomic E-state index is 10.4. The summed E-state index contributed by atoms with van der Waals surface area (Å²) in [6.07, 6.45) is -0.261. The van der Waals surface area contributed by atoms with Crippen LogP contribution in [0.2, 0.25) is 0 Å². The molecule has 78 valence electrons. The van der Waals surface area contributed by atoms with Gasteiger partial charge in [-0.15, -0.1) is 0 Å². The molecule has 2 aromatic heterocycles. The molecule has 0 saturated heterocycles. The molecule has 6 nitrogen and oxygen atoms in total. The van der Waals surface area contributed by atoms with Crippen LogP contribution in [-0.2, 0) is 11.2 Å². The smallest absolute Gasteiger partial charge is 0.311 e.